The van der Waals surface area contributed by atoms with Gasteiger partial charge in [-0.15, -0.1) is 0 Å². The van der Waals surface area contributed by atoms with Crippen LogP contribution in [-0.4, -0.2) is 15.0 Å². The molecule has 27 heavy (non-hydrogen) atoms. The van der Waals surface area contributed by atoms with Crippen LogP contribution in [0.25, 0.3) is 22.3 Å². The molecule has 0 radical (unpaired) electrons. The Kier molecular flexibility index (Phi) is 5.66. The Morgan fingerprint density at radius 2 is 0.815 bits per heavy atom. The minimum absolute atomic E-state index is 0.173. The minimum atomic E-state index is 0.173. The standard InChI is InChI=1S/C24H16Cl2Se/c25-19-13-9-17(10-14-19)21-5-1-3-7-23(21)27-24-8-4-2-6-22(24)18-11-15-20(26)16-12-18/h1-16H. The van der Waals surface area contributed by atoms with E-state index in [2.05, 4.69) is 72.8 Å². The first-order valence-electron chi connectivity index (χ1n) is 8.58. The molecule has 0 amide bonds. The summed E-state index contributed by atoms with van der Waals surface area (Å²) in [6, 6.07) is 33.4. The summed E-state index contributed by atoms with van der Waals surface area (Å²) in [4.78, 5) is 0. The molecule has 0 heterocycles. The van der Waals surface area contributed by atoms with E-state index in [-0.39, 0.29) is 15.0 Å². The van der Waals surface area contributed by atoms with Gasteiger partial charge in [-0.25, -0.2) is 0 Å². The maximum atomic E-state index is 6.06. The molecular formula is C24H16Cl2Se. The normalized spacial score (nSPS) is 10.7. The van der Waals surface area contributed by atoms with Crippen molar-refractivity contribution in [2.24, 2.45) is 0 Å². The molecule has 132 valence electrons. The summed E-state index contributed by atoms with van der Waals surface area (Å²) in [5.41, 5.74) is 4.92. The Morgan fingerprint density at radius 1 is 0.444 bits per heavy atom. The van der Waals surface area contributed by atoms with Gasteiger partial charge in [0.2, 0.25) is 0 Å². The summed E-state index contributed by atoms with van der Waals surface area (Å²) in [7, 11) is 0. The third-order valence-corrected chi connectivity index (χ3v) is 7.23. The van der Waals surface area contributed by atoms with E-state index in [1.54, 1.807) is 0 Å². The number of rotatable bonds is 4. The second-order valence-electron chi connectivity index (χ2n) is 6.11. The van der Waals surface area contributed by atoms with Crippen LogP contribution in [0.3, 0.4) is 0 Å². The second-order valence-corrected chi connectivity index (χ2v) is 9.25. The van der Waals surface area contributed by atoms with Crippen molar-refractivity contribution in [3.05, 3.63) is 107 Å². The molecular weight excluding hydrogens is 438 g/mol. The summed E-state index contributed by atoms with van der Waals surface area (Å²) in [6.07, 6.45) is 0. The zero-order valence-corrected chi connectivity index (χ0v) is 17.6. The first kappa shape index (κ1) is 18.3. The Labute approximate surface area is 175 Å². The molecule has 0 atom stereocenters. The molecule has 3 heteroatoms. The van der Waals surface area contributed by atoms with Crippen LogP contribution in [0.15, 0.2) is 97.1 Å². The van der Waals surface area contributed by atoms with E-state index in [1.165, 1.54) is 31.2 Å². The second kappa shape index (κ2) is 8.33. The first-order chi connectivity index (χ1) is 13.2. The zero-order chi connectivity index (χ0) is 18.6. The molecule has 4 aromatic carbocycles. The number of benzene rings is 4. The van der Waals surface area contributed by atoms with E-state index in [0.717, 1.165) is 10.0 Å². The predicted molar refractivity (Wildman–Crippen MR) is 119 cm³/mol. The summed E-state index contributed by atoms with van der Waals surface area (Å²) < 4.78 is 2.71. The number of hydrogen-bond acceptors (Lipinski definition) is 0. The summed E-state index contributed by atoms with van der Waals surface area (Å²) in [5.74, 6) is 0. The average Bonchev–Trinajstić information content (AvgIpc) is 2.70. The van der Waals surface area contributed by atoms with E-state index < -0.39 is 0 Å². The van der Waals surface area contributed by atoms with Crippen LogP contribution in [0, 0.1) is 0 Å². The Hall–Kier alpha value is -2.02. The Morgan fingerprint density at radius 3 is 1.22 bits per heavy atom. The molecule has 4 aromatic rings. The van der Waals surface area contributed by atoms with Gasteiger partial charge in [0.05, 0.1) is 0 Å². The molecule has 0 bridgehead atoms. The van der Waals surface area contributed by atoms with Crippen molar-refractivity contribution >= 4 is 47.1 Å². The first-order valence-corrected chi connectivity index (χ1v) is 11.1. The van der Waals surface area contributed by atoms with Gasteiger partial charge >= 0.3 is 176 Å². The van der Waals surface area contributed by atoms with Crippen molar-refractivity contribution in [1.82, 2.24) is 0 Å². The summed E-state index contributed by atoms with van der Waals surface area (Å²) >= 11 is 12.3. The zero-order valence-electron chi connectivity index (χ0n) is 14.4. The summed E-state index contributed by atoms with van der Waals surface area (Å²) in [6.45, 7) is 0. The van der Waals surface area contributed by atoms with Crippen molar-refractivity contribution < 1.29 is 0 Å². The molecule has 4 rings (SSSR count). The number of halogens is 2. The van der Waals surface area contributed by atoms with Crippen LogP contribution in [0.1, 0.15) is 0 Å². The van der Waals surface area contributed by atoms with E-state index in [0.29, 0.717) is 0 Å². The molecule has 0 saturated heterocycles. The molecule has 0 aliphatic rings. The molecule has 0 aliphatic heterocycles. The predicted octanol–water partition coefficient (Wildman–Crippen LogP) is 5.98. The molecule has 0 fully saturated rings. The third kappa shape index (κ3) is 4.29. The molecule has 0 aliphatic carbocycles. The van der Waals surface area contributed by atoms with Gasteiger partial charge in [-0.2, -0.15) is 0 Å². The van der Waals surface area contributed by atoms with Crippen LogP contribution in [0.2, 0.25) is 10.0 Å². The van der Waals surface area contributed by atoms with Gasteiger partial charge in [0.15, 0.2) is 0 Å². The molecule has 0 nitrogen and oxygen atoms in total. The van der Waals surface area contributed by atoms with Crippen molar-refractivity contribution in [2.75, 3.05) is 0 Å². The monoisotopic (exact) mass is 454 g/mol. The molecule has 0 aromatic heterocycles. The molecule has 0 unspecified atom stereocenters. The van der Waals surface area contributed by atoms with Crippen LogP contribution in [0.5, 0.6) is 0 Å². The van der Waals surface area contributed by atoms with E-state index in [9.17, 15) is 0 Å². The molecule has 0 spiro atoms. The van der Waals surface area contributed by atoms with Gasteiger partial charge in [-0.1, -0.05) is 0 Å². The summed E-state index contributed by atoms with van der Waals surface area (Å²) in [5, 5.41) is 1.52. The average molecular weight is 454 g/mol. The van der Waals surface area contributed by atoms with E-state index in [1.807, 2.05) is 24.3 Å². The number of hydrogen-bond donors (Lipinski definition) is 0. The van der Waals surface area contributed by atoms with Crippen molar-refractivity contribution in [1.29, 1.82) is 0 Å². The maximum absolute atomic E-state index is 6.06. The van der Waals surface area contributed by atoms with Gasteiger partial charge in [0.25, 0.3) is 0 Å². The van der Waals surface area contributed by atoms with Crippen molar-refractivity contribution in [3.8, 4) is 22.3 Å². The molecule has 0 saturated carbocycles. The van der Waals surface area contributed by atoms with Crippen molar-refractivity contribution in [3.63, 3.8) is 0 Å². The van der Waals surface area contributed by atoms with Crippen molar-refractivity contribution in [2.45, 2.75) is 0 Å². The van der Waals surface area contributed by atoms with Crippen LogP contribution in [-0.2, 0) is 0 Å². The van der Waals surface area contributed by atoms with Gasteiger partial charge in [-0.05, 0) is 0 Å². The van der Waals surface area contributed by atoms with Gasteiger partial charge < -0.3 is 0 Å². The fourth-order valence-electron chi connectivity index (χ4n) is 2.97. The van der Waals surface area contributed by atoms with E-state index in [4.69, 9.17) is 23.2 Å². The van der Waals surface area contributed by atoms with Gasteiger partial charge in [0, 0.05) is 0 Å². The van der Waals surface area contributed by atoms with Gasteiger partial charge in [-0.3, -0.25) is 0 Å². The van der Waals surface area contributed by atoms with Crippen LogP contribution < -0.4 is 8.92 Å². The third-order valence-electron chi connectivity index (χ3n) is 4.30. The quantitative estimate of drug-likeness (QED) is 0.333. The van der Waals surface area contributed by atoms with E-state index >= 15 is 0 Å². The SMILES string of the molecule is Clc1ccc(-c2ccccc2[Se]c2ccccc2-c2ccc(Cl)cc2)cc1. The van der Waals surface area contributed by atoms with Gasteiger partial charge in [0.1, 0.15) is 0 Å². The van der Waals surface area contributed by atoms with Crippen LogP contribution >= 0.6 is 23.2 Å². The topological polar surface area (TPSA) is 0 Å². The fraction of sp³-hybridized carbons (Fsp3) is 0. The molecule has 0 N–H and O–H groups in total. The van der Waals surface area contributed by atoms with Crippen LogP contribution in [0.4, 0.5) is 0 Å². The Balaban J connectivity index is 1.74. The fourth-order valence-corrected chi connectivity index (χ4v) is 5.57. The Bertz CT molecular complexity index is 967.